The number of anilines is 1. The van der Waals surface area contributed by atoms with E-state index in [2.05, 4.69) is 10.3 Å². The molecule has 1 aromatic rings. The highest BCUT2D eigenvalue weighted by Crippen LogP contribution is 2.28. The summed E-state index contributed by atoms with van der Waals surface area (Å²) in [5.74, 6) is 0.326. The molecule has 0 aliphatic heterocycles. The first-order valence-corrected chi connectivity index (χ1v) is 8.46. The molecular weight excluding hydrogens is 274 g/mol. The fourth-order valence-electron chi connectivity index (χ4n) is 1.89. The van der Waals surface area contributed by atoms with Crippen molar-refractivity contribution in [3.8, 4) is 0 Å². The predicted molar refractivity (Wildman–Crippen MR) is 82.8 cm³/mol. The molecule has 0 amide bonds. The average Bonchev–Trinajstić information content (AvgIpc) is 3.18. The highest BCUT2D eigenvalue weighted by atomic mass is 32.2. The van der Waals surface area contributed by atoms with Gasteiger partial charge in [-0.25, -0.2) is 8.42 Å². The van der Waals surface area contributed by atoms with Crippen LogP contribution in [0, 0.1) is 13.8 Å². The summed E-state index contributed by atoms with van der Waals surface area (Å²) in [6.45, 7) is 4.28. The van der Waals surface area contributed by atoms with E-state index in [1.165, 1.54) is 11.1 Å². The van der Waals surface area contributed by atoms with Crippen LogP contribution in [0.25, 0.3) is 0 Å². The summed E-state index contributed by atoms with van der Waals surface area (Å²) < 4.78 is 23.4. The van der Waals surface area contributed by atoms with Gasteiger partial charge in [0.15, 0.2) is 15.8 Å². The number of rotatable bonds is 5. The van der Waals surface area contributed by atoms with Gasteiger partial charge in [-0.15, -0.1) is 0 Å². The smallest absolute Gasteiger partial charge is 0.193 e. The molecule has 1 aromatic carbocycles. The summed E-state index contributed by atoms with van der Waals surface area (Å²) >= 11 is 0. The van der Waals surface area contributed by atoms with Crippen molar-refractivity contribution in [2.24, 2.45) is 10.7 Å². The summed E-state index contributed by atoms with van der Waals surface area (Å²) in [5.41, 5.74) is 9.00. The Morgan fingerprint density at radius 1 is 1.35 bits per heavy atom. The third kappa shape index (κ3) is 3.96. The fourth-order valence-corrected chi connectivity index (χ4v) is 3.43. The van der Waals surface area contributed by atoms with Gasteiger partial charge in [0, 0.05) is 5.69 Å². The van der Waals surface area contributed by atoms with E-state index in [-0.39, 0.29) is 23.5 Å². The van der Waals surface area contributed by atoms with Crippen molar-refractivity contribution in [1.29, 1.82) is 0 Å². The van der Waals surface area contributed by atoms with E-state index in [0.29, 0.717) is 0 Å². The van der Waals surface area contributed by atoms with Crippen LogP contribution in [0.5, 0.6) is 0 Å². The maximum Gasteiger partial charge on any atom is 0.193 e. The first-order valence-electron chi connectivity index (χ1n) is 6.74. The number of nitrogens with two attached hydrogens (primary N) is 1. The number of hydrogen-bond acceptors (Lipinski definition) is 3. The van der Waals surface area contributed by atoms with Gasteiger partial charge in [0.2, 0.25) is 0 Å². The van der Waals surface area contributed by atoms with E-state index in [4.69, 9.17) is 5.73 Å². The number of benzene rings is 1. The van der Waals surface area contributed by atoms with Crippen LogP contribution in [-0.4, -0.2) is 31.9 Å². The first-order chi connectivity index (χ1) is 9.38. The van der Waals surface area contributed by atoms with Crippen LogP contribution >= 0.6 is 0 Å². The second kappa shape index (κ2) is 5.83. The van der Waals surface area contributed by atoms with Crippen molar-refractivity contribution >= 4 is 21.5 Å². The Bertz CT molecular complexity index is 619. The van der Waals surface area contributed by atoms with Crippen LogP contribution in [0.15, 0.2) is 23.2 Å². The Labute approximate surface area is 120 Å². The van der Waals surface area contributed by atoms with Crippen molar-refractivity contribution in [3.63, 3.8) is 0 Å². The van der Waals surface area contributed by atoms with E-state index in [1.807, 2.05) is 32.0 Å². The summed E-state index contributed by atoms with van der Waals surface area (Å²) in [5, 5.41) is 2.84. The van der Waals surface area contributed by atoms with Crippen molar-refractivity contribution in [1.82, 2.24) is 0 Å². The molecule has 20 heavy (non-hydrogen) atoms. The largest absolute Gasteiger partial charge is 0.370 e. The predicted octanol–water partition coefficient (Wildman–Crippen LogP) is 1.61. The molecule has 6 heteroatoms. The van der Waals surface area contributed by atoms with Gasteiger partial charge < -0.3 is 11.1 Å². The maximum atomic E-state index is 11.7. The Kier molecular flexibility index (Phi) is 4.32. The number of hydrogen-bond donors (Lipinski definition) is 2. The molecule has 1 fully saturated rings. The number of aliphatic imine (C=N–C) groups is 1. The zero-order valence-corrected chi connectivity index (χ0v) is 12.7. The fraction of sp³-hybridized carbons (Fsp3) is 0.500. The van der Waals surface area contributed by atoms with Crippen molar-refractivity contribution in [2.45, 2.75) is 31.9 Å². The topological polar surface area (TPSA) is 84.5 Å². The van der Waals surface area contributed by atoms with Gasteiger partial charge in [0.25, 0.3) is 0 Å². The van der Waals surface area contributed by atoms with Crippen LogP contribution in [0.4, 0.5) is 5.69 Å². The molecular formula is C14H21N3O2S. The van der Waals surface area contributed by atoms with Crippen molar-refractivity contribution < 1.29 is 8.42 Å². The van der Waals surface area contributed by atoms with E-state index in [1.54, 1.807) is 0 Å². The van der Waals surface area contributed by atoms with E-state index in [9.17, 15) is 8.42 Å². The summed E-state index contributed by atoms with van der Waals surface area (Å²) in [4.78, 5) is 4.07. The molecule has 1 aliphatic rings. The minimum absolute atomic E-state index is 0.0764. The summed E-state index contributed by atoms with van der Waals surface area (Å²) in [6.07, 6.45) is 1.59. The lowest BCUT2D eigenvalue weighted by atomic mass is 10.1. The number of nitrogens with zero attached hydrogens (tertiary/aromatic N) is 1. The number of aryl methyl sites for hydroxylation is 2. The third-order valence-electron chi connectivity index (χ3n) is 3.47. The second-order valence-corrected chi connectivity index (χ2v) is 7.66. The average molecular weight is 295 g/mol. The minimum atomic E-state index is -2.96. The van der Waals surface area contributed by atoms with Gasteiger partial charge in [0.05, 0.1) is 17.5 Å². The molecule has 1 saturated carbocycles. The normalized spacial score (nSPS) is 16.2. The van der Waals surface area contributed by atoms with Gasteiger partial charge in [0.1, 0.15) is 0 Å². The van der Waals surface area contributed by atoms with Crippen LogP contribution in [0.3, 0.4) is 0 Å². The van der Waals surface area contributed by atoms with E-state index in [0.717, 1.165) is 18.5 Å². The number of sulfone groups is 1. The molecule has 0 radical (unpaired) electrons. The highest BCUT2D eigenvalue weighted by molar-refractivity contribution is 7.92. The molecule has 110 valence electrons. The monoisotopic (exact) mass is 295 g/mol. The summed E-state index contributed by atoms with van der Waals surface area (Å²) in [6, 6.07) is 5.91. The lowest BCUT2D eigenvalue weighted by Crippen LogP contribution is -2.24. The quantitative estimate of drug-likeness (QED) is 0.638. The third-order valence-corrected chi connectivity index (χ3v) is 5.71. The molecule has 2 rings (SSSR count). The van der Waals surface area contributed by atoms with Crippen LogP contribution < -0.4 is 11.1 Å². The van der Waals surface area contributed by atoms with Crippen LogP contribution in [-0.2, 0) is 9.84 Å². The van der Waals surface area contributed by atoms with Gasteiger partial charge in [-0.05, 0) is 49.9 Å². The van der Waals surface area contributed by atoms with Gasteiger partial charge in [-0.3, -0.25) is 4.99 Å². The van der Waals surface area contributed by atoms with Gasteiger partial charge in [-0.2, -0.15) is 0 Å². The lowest BCUT2D eigenvalue weighted by Gasteiger charge is -2.08. The Hall–Kier alpha value is -1.56. The molecule has 0 aromatic heterocycles. The Morgan fingerprint density at radius 2 is 2.05 bits per heavy atom. The maximum absolute atomic E-state index is 11.7. The zero-order valence-electron chi connectivity index (χ0n) is 11.9. The molecule has 3 N–H and O–H groups in total. The van der Waals surface area contributed by atoms with Gasteiger partial charge in [-0.1, -0.05) is 6.07 Å². The molecule has 0 heterocycles. The van der Waals surface area contributed by atoms with Crippen molar-refractivity contribution in [3.05, 3.63) is 29.3 Å². The molecule has 0 atom stereocenters. The SMILES string of the molecule is Cc1ccc(NC(N)=NCCS(=O)(=O)C2CC2)cc1C. The number of guanidine groups is 1. The van der Waals surface area contributed by atoms with Crippen LogP contribution in [0.1, 0.15) is 24.0 Å². The number of nitrogens with one attached hydrogen (secondary N) is 1. The molecule has 5 nitrogen and oxygen atoms in total. The minimum Gasteiger partial charge on any atom is -0.370 e. The van der Waals surface area contributed by atoms with E-state index < -0.39 is 9.84 Å². The van der Waals surface area contributed by atoms with Crippen LogP contribution in [0.2, 0.25) is 0 Å². The molecule has 0 saturated heterocycles. The highest BCUT2D eigenvalue weighted by Gasteiger charge is 2.34. The molecule has 0 bridgehead atoms. The van der Waals surface area contributed by atoms with Crippen molar-refractivity contribution in [2.75, 3.05) is 17.6 Å². The standard InChI is InChI=1S/C14H21N3O2S/c1-10-3-4-12(9-11(10)2)17-14(15)16-7-8-20(18,19)13-5-6-13/h3-4,9,13H,5-8H2,1-2H3,(H3,15,16,17). The first kappa shape index (κ1) is 14.8. The second-order valence-electron chi connectivity index (χ2n) is 5.26. The Morgan fingerprint density at radius 3 is 2.65 bits per heavy atom. The molecule has 1 aliphatic carbocycles. The molecule has 0 spiro atoms. The van der Waals surface area contributed by atoms with Gasteiger partial charge >= 0.3 is 0 Å². The van der Waals surface area contributed by atoms with E-state index >= 15 is 0 Å². The Balaban J connectivity index is 1.88. The zero-order chi connectivity index (χ0) is 14.8. The molecule has 0 unspecified atom stereocenters. The summed E-state index contributed by atoms with van der Waals surface area (Å²) in [7, 11) is -2.96. The lowest BCUT2D eigenvalue weighted by molar-refractivity contribution is 0.594.